The quantitative estimate of drug-likeness (QED) is 0.771. The molecule has 7 heteroatoms. The number of imide groups is 1. The molecule has 0 bridgehead atoms. The fourth-order valence-electron chi connectivity index (χ4n) is 2.65. The SMILES string of the molecule is CN(CCOc1ccc(F)cc1)C(=O)c1ccc2c(c1)C(=O)N(C)C2=O. The molecule has 0 unspecified atom stereocenters. The lowest BCUT2D eigenvalue weighted by Gasteiger charge is -2.18. The van der Waals surface area contributed by atoms with Crippen molar-refractivity contribution >= 4 is 17.7 Å². The lowest BCUT2D eigenvalue weighted by molar-refractivity contribution is 0.0692. The molecule has 134 valence electrons. The number of rotatable bonds is 5. The number of benzene rings is 2. The molecule has 1 aliphatic heterocycles. The van der Waals surface area contributed by atoms with E-state index in [1.807, 2.05) is 0 Å². The van der Waals surface area contributed by atoms with E-state index in [1.54, 1.807) is 7.05 Å². The molecule has 0 saturated carbocycles. The molecule has 0 aromatic heterocycles. The first kappa shape index (κ1) is 17.6. The zero-order valence-electron chi connectivity index (χ0n) is 14.4. The van der Waals surface area contributed by atoms with E-state index in [9.17, 15) is 18.8 Å². The van der Waals surface area contributed by atoms with E-state index < -0.39 is 5.91 Å². The van der Waals surface area contributed by atoms with Crippen molar-refractivity contribution in [1.29, 1.82) is 0 Å². The molecule has 0 atom stereocenters. The number of ether oxygens (including phenoxy) is 1. The Labute approximate surface area is 149 Å². The maximum Gasteiger partial charge on any atom is 0.261 e. The van der Waals surface area contributed by atoms with Gasteiger partial charge < -0.3 is 9.64 Å². The molecule has 2 aromatic carbocycles. The number of likely N-dealkylation sites (N-methyl/N-ethyl adjacent to an activating group) is 1. The number of hydrogen-bond donors (Lipinski definition) is 0. The van der Waals surface area contributed by atoms with Crippen molar-refractivity contribution in [3.05, 3.63) is 65.0 Å². The van der Waals surface area contributed by atoms with Gasteiger partial charge in [0.05, 0.1) is 17.7 Å². The monoisotopic (exact) mass is 356 g/mol. The number of hydrogen-bond acceptors (Lipinski definition) is 4. The zero-order chi connectivity index (χ0) is 18.8. The summed E-state index contributed by atoms with van der Waals surface area (Å²) >= 11 is 0. The van der Waals surface area contributed by atoms with Gasteiger partial charge in [-0.3, -0.25) is 19.3 Å². The number of nitrogens with zero attached hydrogens (tertiary/aromatic N) is 2. The van der Waals surface area contributed by atoms with Crippen molar-refractivity contribution in [2.45, 2.75) is 0 Å². The molecule has 2 aromatic rings. The Morgan fingerprint density at radius 2 is 1.73 bits per heavy atom. The molecule has 3 amide bonds. The molecular weight excluding hydrogens is 339 g/mol. The summed E-state index contributed by atoms with van der Waals surface area (Å²) in [7, 11) is 3.02. The Hall–Kier alpha value is -3.22. The molecule has 6 nitrogen and oxygen atoms in total. The van der Waals surface area contributed by atoms with Crippen LogP contribution in [0.1, 0.15) is 31.1 Å². The van der Waals surface area contributed by atoms with E-state index in [4.69, 9.17) is 4.74 Å². The van der Waals surface area contributed by atoms with Gasteiger partial charge in [-0.05, 0) is 42.5 Å². The van der Waals surface area contributed by atoms with E-state index in [0.29, 0.717) is 23.4 Å². The molecule has 1 aliphatic rings. The van der Waals surface area contributed by atoms with Crippen molar-refractivity contribution in [2.75, 3.05) is 27.2 Å². The zero-order valence-corrected chi connectivity index (χ0v) is 14.4. The fraction of sp³-hybridized carbons (Fsp3) is 0.211. The third kappa shape index (κ3) is 3.28. The molecule has 0 saturated heterocycles. The minimum atomic E-state index is -0.415. The van der Waals surface area contributed by atoms with Gasteiger partial charge in [-0.2, -0.15) is 0 Å². The highest BCUT2D eigenvalue weighted by Gasteiger charge is 2.33. The van der Waals surface area contributed by atoms with Crippen LogP contribution < -0.4 is 4.74 Å². The summed E-state index contributed by atoms with van der Waals surface area (Å²) in [6.45, 7) is 0.541. The Balaban J connectivity index is 1.63. The lowest BCUT2D eigenvalue weighted by atomic mass is 10.1. The summed E-state index contributed by atoms with van der Waals surface area (Å²) in [5.74, 6) is -0.908. The number of halogens is 1. The second kappa shape index (κ2) is 6.95. The molecule has 0 radical (unpaired) electrons. The lowest BCUT2D eigenvalue weighted by Crippen LogP contribution is -2.31. The van der Waals surface area contributed by atoms with Gasteiger partial charge in [-0.1, -0.05) is 0 Å². The second-order valence-electron chi connectivity index (χ2n) is 5.96. The minimum Gasteiger partial charge on any atom is -0.492 e. The first-order valence-corrected chi connectivity index (χ1v) is 7.99. The number of amides is 3. The third-order valence-corrected chi connectivity index (χ3v) is 4.19. The van der Waals surface area contributed by atoms with Crippen LogP contribution in [0, 0.1) is 5.82 Å². The summed E-state index contributed by atoms with van der Waals surface area (Å²) < 4.78 is 18.3. The molecule has 3 rings (SSSR count). The highest BCUT2D eigenvalue weighted by molar-refractivity contribution is 6.21. The van der Waals surface area contributed by atoms with Gasteiger partial charge in [0, 0.05) is 19.7 Å². The van der Waals surface area contributed by atoms with Crippen molar-refractivity contribution in [3.63, 3.8) is 0 Å². The van der Waals surface area contributed by atoms with Crippen LogP contribution in [0.3, 0.4) is 0 Å². The van der Waals surface area contributed by atoms with Gasteiger partial charge in [0.2, 0.25) is 0 Å². The van der Waals surface area contributed by atoms with E-state index in [-0.39, 0.29) is 29.8 Å². The van der Waals surface area contributed by atoms with Crippen LogP contribution in [-0.4, -0.2) is 54.8 Å². The van der Waals surface area contributed by atoms with Gasteiger partial charge in [0.1, 0.15) is 18.2 Å². The van der Waals surface area contributed by atoms with Crippen LogP contribution in [0.5, 0.6) is 5.75 Å². The van der Waals surface area contributed by atoms with Crippen molar-refractivity contribution in [2.24, 2.45) is 0 Å². The van der Waals surface area contributed by atoms with Crippen LogP contribution in [0.4, 0.5) is 4.39 Å². The molecule has 0 spiro atoms. The Morgan fingerprint density at radius 3 is 2.42 bits per heavy atom. The van der Waals surface area contributed by atoms with Crippen molar-refractivity contribution in [1.82, 2.24) is 9.80 Å². The van der Waals surface area contributed by atoms with Crippen LogP contribution >= 0.6 is 0 Å². The highest BCUT2D eigenvalue weighted by atomic mass is 19.1. The average Bonchev–Trinajstić information content (AvgIpc) is 2.86. The standard InChI is InChI=1S/C19H17FN2O4/c1-21(9-10-26-14-6-4-13(20)5-7-14)17(23)12-3-8-15-16(11-12)19(25)22(2)18(15)24/h3-8,11H,9-10H2,1-2H3. The van der Waals surface area contributed by atoms with E-state index >= 15 is 0 Å². The molecule has 0 fully saturated rings. The maximum atomic E-state index is 12.8. The van der Waals surface area contributed by atoms with Gasteiger partial charge in [0.15, 0.2) is 0 Å². The second-order valence-corrected chi connectivity index (χ2v) is 5.96. The Morgan fingerprint density at radius 1 is 1.08 bits per heavy atom. The molecule has 0 aliphatic carbocycles. The predicted octanol–water partition coefficient (Wildman–Crippen LogP) is 2.20. The number of carbonyl (C=O) groups excluding carboxylic acids is 3. The summed E-state index contributed by atoms with van der Waals surface area (Å²) in [4.78, 5) is 38.9. The minimum absolute atomic E-state index is 0.235. The van der Waals surface area contributed by atoms with Gasteiger partial charge in [-0.25, -0.2) is 4.39 Å². The number of fused-ring (bicyclic) bond motifs is 1. The summed E-state index contributed by atoms with van der Waals surface area (Å²) in [6.07, 6.45) is 0. The summed E-state index contributed by atoms with van der Waals surface area (Å²) in [5.41, 5.74) is 0.861. The number of carbonyl (C=O) groups is 3. The molecule has 26 heavy (non-hydrogen) atoms. The Kier molecular flexibility index (Phi) is 4.71. The fourth-order valence-corrected chi connectivity index (χ4v) is 2.65. The predicted molar refractivity (Wildman–Crippen MR) is 91.7 cm³/mol. The van der Waals surface area contributed by atoms with E-state index in [0.717, 1.165) is 4.90 Å². The third-order valence-electron chi connectivity index (χ3n) is 4.19. The maximum absolute atomic E-state index is 12.8. The van der Waals surface area contributed by atoms with Crippen LogP contribution in [-0.2, 0) is 0 Å². The van der Waals surface area contributed by atoms with Crippen molar-refractivity contribution in [3.8, 4) is 5.75 Å². The largest absolute Gasteiger partial charge is 0.492 e. The molecule has 0 N–H and O–H groups in total. The Bertz CT molecular complexity index is 880. The molecular formula is C19H17FN2O4. The topological polar surface area (TPSA) is 66.9 Å². The van der Waals surface area contributed by atoms with E-state index in [2.05, 4.69) is 0 Å². The first-order valence-electron chi connectivity index (χ1n) is 7.99. The average molecular weight is 356 g/mol. The van der Waals surface area contributed by atoms with Gasteiger partial charge >= 0.3 is 0 Å². The van der Waals surface area contributed by atoms with E-state index in [1.165, 1.54) is 54.4 Å². The summed E-state index contributed by atoms with van der Waals surface area (Å²) in [6, 6.07) is 10.1. The van der Waals surface area contributed by atoms with Crippen LogP contribution in [0.15, 0.2) is 42.5 Å². The van der Waals surface area contributed by atoms with Crippen LogP contribution in [0.2, 0.25) is 0 Å². The normalized spacial score (nSPS) is 13.0. The van der Waals surface area contributed by atoms with Crippen LogP contribution in [0.25, 0.3) is 0 Å². The highest BCUT2D eigenvalue weighted by Crippen LogP contribution is 2.23. The summed E-state index contributed by atoms with van der Waals surface area (Å²) in [5, 5.41) is 0. The first-order chi connectivity index (χ1) is 12.4. The smallest absolute Gasteiger partial charge is 0.261 e. The van der Waals surface area contributed by atoms with Gasteiger partial charge in [0.25, 0.3) is 17.7 Å². The van der Waals surface area contributed by atoms with Gasteiger partial charge in [-0.15, -0.1) is 0 Å². The molecule has 1 heterocycles. The van der Waals surface area contributed by atoms with Crippen molar-refractivity contribution < 1.29 is 23.5 Å².